The van der Waals surface area contributed by atoms with Crippen LogP contribution in [0.15, 0.2) is 46.2 Å². The van der Waals surface area contributed by atoms with Crippen LogP contribution in [0.2, 0.25) is 5.02 Å². The van der Waals surface area contributed by atoms with E-state index in [-0.39, 0.29) is 37.6 Å². The fraction of sp³-hybridized carbons (Fsp3) is 0.318. The molecule has 0 spiro atoms. The number of anilines is 1. The molecule has 1 aliphatic rings. The lowest BCUT2D eigenvalue weighted by Crippen LogP contribution is -2.35. The molecule has 2 aromatic carbocycles. The highest BCUT2D eigenvalue weighted by Crippen LogP contribution is 2.38. The van der Waals surface area contributed by atoms with Crippen LogP contribution in [0.4, 0.5) is 5.69 Å². The van der Waals surface area contributed by atoms with Crippen molar-refractivity contribution in [1.82, 2.24) is 4.31 Å². The minimum absolute atomic E-state index is 0.0148. The number of ether oxygens (including phenoxy) is 2. The summed E-state index contributed by atoms with van der Waals surface area (Å²) in [6.07, 6.45) is 4.49. The molecule has 0 saturated carbocycles. The van der Waals surface area contributed by atoms with E-state index in [1.165, 1.54) is 54.9 Å². The zero-order valence-electron chi connectivity index (χ0n) is 19.0. The quantitative estimate of drug-likeness (QED) is 0.458. The maximum atomic E-state index is 13.3. The molecule has 0 aromatic heterocycles. The van der Waals surface area contributed by atoms with Gasteiger partial charge in [-0.1, -0.05) is 18.0 Å². The number of nitrogens with zero attached hydrogens (tertiary/aromatic N) is 1. The minimum atomic E-state index is -4.39. The smallest absolute Gasteiger partial charge is 0.328 e. The third-order valence-electron chi connectivity index (χ3n) is 5.31. The maximum absolute atomic E-state index is 13.3. The number of hydrogen-bond donors (Lipinski definition) is 2. The summed E-state index contributed by atoms with van der Waals surface area (Å²) in [5, 5.41) is 8.89. The van der Waals surface area contributed by atoms with E-state index in [9.17, 15) is 21.6 Å². The lowest BCUT2D eigenvalue weighted by atomic mass is 10.2. The van der Waals surface area contributed by atoms with Crippen LogP contribution < -0.4 is 14.2 Å². The Morgan fingerprint density at radius 3 is 2.34 bits per heavy atom. The molecule has 1 saturated heterocycles. The Balaban J connectivity index is 2.05. The summed E-state index contributed by atoms with van der Waals surface area (Å²) in [7, 11) is -5.67. The van der Waals surface area contributed by atoms with Gasteiger partial charge in [0.2, 0.25) is 10.0 Å². The predicted molar refractivity (Wildman–Crippen MR) is 131 cm³/mol. The van der Waals surface area contributed by atoms with Gasteiger partial charge in [-0.25, -0.2) is 21.6 Å². The first-order valence-electron chi connectivity index (χ1n) is 10.5. The van der Waals surface area contributed by atoms with Crippen molar-refractivity contribution < 1.29 is 36.2 Å². The Bertz CT molecular complexity index is 1350. The Labute approximate surface area is 209 Å². The summed E-state index contributed by atoms with van der Waals surface area (Å²) in [4.78, 5) is 10.4. The molecule has 2 aromatic rings. The third-order valence-corrected chi connectivity index (χ3v) is 8.91. The van der Waals surface area contributed by atoms with Gasteiger partial charge in [0.05, 0.1) is 29.8 Å². The average Bonchev–Trinajstić information content (AvgIpc) is 2.83. The SMILES string of the molecule is COc1cc(C=CC(=O)O)cc(S(=O)(=O)Nc2cc(S(=O)(=O)N3CCCCC3)ccc2Cl)c1OC. The summed E-state index contributed by atoms with van der Waals surface area (Å²) in [6, 6.07) is 6.41. The van der Waals surface area contributed by atoms with Gasteiger partial charge in [-0.05, 0) is 54.8 Å². The standard InChI is InChI=1S/C22H25ClN2O8S2/c1-32-19-12-15(6-9-21(26)27)13-20(22(19)33-2)34(28,29)24-18-14-16(7-8-17(18)23)35(30,31)25-10-4-3-5-11-25/h6-9,12-14,24H,3-5,10-11H2,1-2H3,(H,26,27). The van der Waals surface area contributed by atoms with Crippen molar-refractivity contribution in [3.8, 4) is 11.5 Å². The minimum Gasteiger partial charge on any atom is -0.493 e. The van der Waals surface area contributed by atoms with E-state index < -0.39 is 26.0 Å². The number of aliphatic carboxylic acids is 1. The number of piperidine rings is 1. The first-order chi connectivity index (χ1) is 16.5. The van der Waals surface area contributed by atoms with Crippen molar-refractivity contribution in [2.45, 2.75) is 29.1 Å². The van der Waals surface area contributed by atoms with E-state index in [1.54, 1.807) is 0 Å². The van der Waals surface area contributed by atoms with Crippen LogP contribution in [0.25, 0.3) is 6.08 Å². The number of methoxy groups -OCH3 is 2. The molecule has 0 unspecified atom stereocenters. The summed E-state index contributed by atoms with van der Waals surface area (Å²) in [5.74, 6) is -1.30. The van der Waals surface area contributed by atoms with Gasteiger partial charge in [0.1, 0.15) is 4.90 Å². The molecule has 0 atom stereocenters. The van der Waals surface area contributed by atoms with Crippen LogP contribution in [0.1, 0.15) is 24.8 Å². The number of carboxylic acids is 1. The number of halogens is 1. The molecule has 0 radical (unpaired) electrons. The van der Waals surface area contributed by atoms with Crippen molar-refractivity contribution in [3.05, 3.63) is 47.0 Å². The molecule has 1 fully saturated rings. The highest BCUT2D eigenvalue weighted by Gasteiger charge is 2.28. The van der Waals surface area contributed by atoms with Crippen LogP contribution in [0.3, 0.4) is 0 Å². The fourth-order valence-electron chi connectivity index (χ4n) is 3.61. The molecule has 1 heterocycles. The number of carbonyl (C=O) groups is 1. The van der Waals surface area contributed by atoms with Gasteiger partial charge >= 0.3 is 5.97 Å². The van der Waals surface area contributed by atoms with Crippen LogP contribution in [-0.4, -0.2) is 59.5 Å². The first-order valence-corrected chi connectivity index (χ1v) is 13.8. The molecule has 190 valence electrons. The summed E-state index contributed by atoms with van der Waals surface area (Å²) in [5.41, 5.74) is 0.0789. The van der Waals surface area contributed by atoms with Gasteiger partial charge in [-0.3, -0.25) is 4.72 Å². The van der Waals surface area contributed by atoms with Crippen molar-refractivity contribution >= 4 is 49.4 Å². The number of nitrogens with one attached hydrogen (secondary N) is 1. The highest BCUT2D eigenvalue weighted by atomic mass is 35.5. The van der Waals surface area contributed by atoms with Crippen LogP contribution in [0.5, 0.6) is 11.5 Å². The Kier molecular flexibility index (Phi) is 8.31. The molecule has 2 N–H and O–H groups in total. The van der Waals surface area contributed by atoms with Gasteiger partial charge in [0.25, 0.3) is 10.0 Å². The highest BCUT2D eigenvalue weighted by molar-refractivity contribution is 7.93. The lowest BCUT2D eigenvalue weighted by Gasteiger charge is -2.26. The Hall–Kier alpha value is -2.80. The molecule has 0 aliphatic carbocycles. The van der Waals surface area contributed by atoms with E-state index in [4.69, 9.17) is 26.2 Å². The Morgan fingerprint density at radius 1 is 1.06 bits per heavy atom. The van der Waals surface area contributed by atoms with E-state index in [1.807, 2.05) is 0 Å². The van der Waals surface area contributed by atoms with Crippen molar-refractivity contribution in [2.75, 3.05) is 32.0 Å². The van der Waals surface area contributed by atoms with Crippen molar-refractivity contribution in [2.24, 2.45) is 0 Å². The van der Waals surface area contributed by atoms with Gasteiger partial charge in [0, 0.05) is 19.2 Å². The van der Waals surface area contributed by atoms with Gasteiger partial charge in [0.15, 0.2) is 11.5 Å². The largest absolute Gasteiger partial charge is 0.493 e. The molecule has 0 bridgehead atoms. The fourth-order valence-corrected chi connectivity index (χ4v) is 6.66. The molecular formula is C22H25ClN2O8S2. The summed E-state index contributed by atoms with van der Waals surface area (Å²) < 4.78 is 66.9. The second-order valence-corrected chi connectivity index (χ2v) is 11.6. The van der Waals surface area contributed by atoms with E-state index in [2.05, 4.69) is 4.72 Å². The number of hydrogen-bond acceptors (Lipinski definition) is 7. The zero-order chi connectivity index (χ0) is 25.8. The predicted octanol–water partition coefficient (Wildman–Crippen LogP) is 3.43. The van der Waals surface area contributed by atoms with E-state index >= 15 is 0 Å². The Morgan fingerprint density at radius 2 is 1.74 bits per heavy atom. The number of benzene rings is 2. The molecular weight excluding hydrogens is 520 g/mol. The molecule has 3 rings (SSSR count). The van der Waals surface area contributed by atoms with Crippen molar-refractivity contribution in [3.63, 3.8) is 0 Å². The number of sulfonamides is 2. The van der Waals surface area contributed by atoms with Crippen LogP contribution >= 0.6 is 11.6 Å². The van der Waals surface area contributed by atoms with Gasteiger partial charge < -0.3 is 14.6 Å². The normalized spacial score (nSPS) is 15.2. The first kappa shape index (κ1) is 26.8. The van der Waals surface area contributed by atoms with E-state index in [0.29, 0.717) is 13.1 Å². The van der Waals surface area contributed by atoms with Crippen molar-refractivity contribution in [1.29, 1.82) is 0 Å². The number of carboxylic acid groups (broad SMARTS) is 1. The topological polar surface area (TPSA) is 139 Å². The van der Waals surface area contributed by atoms with E-state index in [0.717, 1.165) is 25.3 Å². The third kappa shape index (κ3) is 6.07. The summed E-state index contributed by atoms with van der Waals surface area (Å²) >= 11 is 6.21. The zero-order valence-corrected chi connectivity index (χ0v) is 21.4. The molecule has 10 nitrogen and oxygen atoms in total. The molecule has 13 heteroatoms. The van der Waals surface area contributed by atoms with Crippen LogP contribution in [0, 0.1) is 0 Å². The second kappa shape index (κ2) is 10.9. The van der Waals surface area contributed by atoms with Gasteiger partial charge in [-0.15, -0.1) is 0 Å². The maximum Gasteiger partial charge on any atom is 0.328 e. The molecule has 35 heavy (non-hydrogen) atoms. The number of rotatable bonds is 9. The average molecular weight is 545 g/mol. The summed E-state index contributed by atoms with van der Waals surface area (Å²) in [6.45, 7) is 0.777. The molecule has 0 amide bonds. The van der Waals surface area contributed by atoms with Crippen LogP contribution in [-0.2, 0) is 24.8 Å². The monoisotopic (exact) mass is 544 g/mol. The second-order valence-electron chi connectivity index (χ2n) is 7.64. The molecule has 1 aliphatic heterocycles. The lowest BCUT2D eigenvalue weighted by molar-refractivity contribution is -0.131. The van der Waals surface area contributed by atoms with Gasteiger partial charge in [-0.2, -0.15) is 4.31 Å².